The molecule has 0 radical (unpaired) electrons. The summed E-state index contributed by atoms with van der Waals surface area (Å²) in [6.45, 7) is 7.69. The number of carbonyl (C=O) groups excluding carboxylic acids is 1. The van der Waals surface area contributed by atoms with Crippen molar-refractivity contribution in [2.45, 2.75) is 26.7 Å². The Morgan fingerprint density at radius 3 is 2.48 bits per heavy atom. The zero-order valence-corrected chi connectivity index (χ0v) is 12.3. The number of aryl methyl sites for hydroxylation is 2. The maximum absolute atomic E-state index is 11.0. The van der Waals surface area contributed by atoms with E-state index in [4.69, 9.17) is 14.6 Å². The van der Waals surface area contributed by atoms with Gasteiger partial charge in [-0.2, -0.15) is 0 Å². The summed E-state index contributed by atoms with van der Waals surface area (Å²) in [5.74, 6) is -0.682. The van der Waals surface area contributed by atoms with Crippen molar-refractivity contribution in [3.63, 3.8) is 0 Å². The van der Waals surface area contributed by atoms with Crippen molar-refractivity contribution in [2.24, 2.45) is 0 Å². The standard InChI is InChI=1S/C16H20O5/c1-4-15(17)21-8-6-5-7-20-14-10-11(2)13(16(18)19)9-12(14)3/h4,9-10H,1,5-8H2,2-3H3,(H,18,19). The molecule has 0 aliphatic rings. The van der Waals surface area contributed by atoms with Gasteiger partial charge in [0.2, 0.25) is 0 Å². The normalized spacial score (nSPS) is 10.0. The van der Waals surface area contributed by atoms with Gasteiger partial charge in [0, 0.05) is 6.08 Å². The van der Waals surface area contributed by atoms with Gasteiger partial charge >= 0.3 is 11.9 Å². The molecule has 0 aliphatic carbocycles. The third-order valence-corrected chi connectivity index (χ3v) is 2.96. The maximum atomic E-state index is 11.0. The van der Waals surface area contributed by atoms with Crippen molar-refractivity contribution < 1.29 is 24.2 Å². The average molecular weight is 292 g/mol. The molecule has 5 nitrogen and oxygen atoms in total. The second kappa shape index (κ2) is 8.09. The van der Waals surface area contributed by atoms with Gasteiger partial charge in [0.05, 0.1) is 18.8 Å². The lowest BCUT2D eigenvalue weighted by Crippen LogP contribution is -2.06. The van der Waals surface area contributed by atoms with Crippen LogP contribution in [0.1, 0.15) is 34.3 Å². The van der Waals surface area contributed by atoms with E-state index >= 15 is 0 Å². The third kappa shape index (κ3) is 5.30. The number of unbranched alkanes of at least 4 members (excludes halogenated alkanes) is 1. The van der Waals surface area contributed by atoms with E-state index < -0.39 is 11.9 Å². The van der Waals surface area contributed by atoms with E-state index in [0.717, 1.165) is 18.1 Å². The minimum absolute atomic E-state index is 0.288. The predicted octanol–water partition coefficient (Wildman–Crippen LogP) is 2.89. The lowest BCUT2D eigenvalue weighted by Gasteiger charge is -2.11. The van der Waals surface area contributed by atoms with E-state index in [1.54, 1.807) is 19.1 Å². The first-order chi connectivity index (χ1) is 9.95. The molecule has 0 fully saturated rings. The van der Waals surface area contributed by atoms with Crippen molar-refractivity contribution >= 4 is 11.9 Å². The van der Waals surface area contributed by atoms with Crippen LogP contribution in [0.25, 0.3) is 0 Å². The molecule has 5 heteroatoms. The molecular weight excluding hydrogens is 272 g/mol. The highest BCUT2D eigenvalue weighted by atomic mass is 16.5. The van der Waals surface area contributed by atoms with Crippen LogP contribution in [-0.2, 0) is 9.53 Å². The number of ether oxygens (including phenoxy) is 2. The van der Waals surface area contributed by atoms with Crippen molar-refractivity contribution in [1.29, 1.82) is 0 Å². The molecule has 1 N–H and O–H groups in total. The van der Waals surface area contributed by atoms with E-state index in [1.165, 1.54) is 0 Å². The molecule has 1 aromatic carbocycles. The van der Waals surface area contributed by atoms with Crippen LogP contribution >= 0.6 is 0 Å². The number of carboxylic acid groups (broad SMARTS) is 1. The molecule has 0 heterocycles. The Balaban J connectivity index is 2.42. The van der Waals surface area contributed by atoms with E-state index in [2.05, 4.69) is 6.58 Å². The van der Waals surface area contributed by atoms with Gasteiger partial charge in [0.15, 0.2) is 0 Å². The van der Waals surface area contributed by atoms with Gasteiger partial charge in [-0.3, -0.25) is 0 Å². The van der Waals surface area contributed by atoms with Crippen LogP contribution in [-0.4, -0.2) is 30.3 Å². The number of carbonyl (C=O) groups is 2. The molecule has 1 aromatic rings. The fourth-order valence-electron chi connectivity index (χ4n) is 1.79. The second-order valence-electron chi connectivity index (χ2n) is 4.66. The Kier molecular flexibility index (Phi) is 6.46. The highest BCUT2D eigenvalue weighted by molar-refractivity contribution is 5.89. The van der Waals surface area contributed by atoms with Gasteiger partial charge in [-0.1, -0.05) is 6.58 Å². The summed E-state index contributed by atoms with van der Waals surface area (Å²) in [6, 6.07) is 3.34. The average Bonchev–Trinajstić information content (AvgIpc) is 2.44. The van der Waals surface area contributed by atoms with Gasteiger partial charge < -0.3 is 14.6 Å². The molecule has 0 saturated heterocycles. The minimum Gasteiger partial charge on any atom is -0.493 e. The molecule has 0 atom stereocenters. The van der Waals surface area contributed by atoms with Crippen molar-refractivity contribution in [1.82, 2.24) is 0 Å². The van der Waals surface area contributed by atoms with Crippen LogP contribution in [0.2, 0.25) is 0 Å². The van der Waals surface area contributed by atoms with Crippen LogP contribution in [0.15, 0.2) is 24.8 Å². The molecule has 0 bridgehead atoms. The highest BCUT2D eigenvalue weighted by Crippen LogP contribution is 2.23. The number of aromatic carboxylic acids is 1. The van der Waals surface area contributed by atoms with Crippen molar-refractivity contribution in [2.75, 3.05) is 13.2 Å². The fraction of sp³-hybridized carbons (Fsp3) is 0.375. The number of benzene rings is 1. The fourth-order valence-corrected chi connectivity index (χ4v) is 1.79. The summed E-state index contributed by atoms with van der Waals surface area (Å²) in [4.78, 5) is 21.8. The summed E-state index contributed by atoms with van der Waals surface area (Å²) < 4.78 is 10.5. The van der Waals surface area contributed by atoms with Crippen molar-refractivity contribution in [3.8, 4) is 5.75 Å². The van der Waals surface area contributed by atoms with Crippen molar-refractivity contribution in [3.05, 3.63) is 41.5 Å². The van der Waals surface area contributed by atoms with E-state index in [-0.39, 0.29) is 5.56 Å². The van der Waals surface area contributed by atoms with Crippen LogP contribution in [0.3, 0.4) is 0 Å². The number of rotatable bonds is 8. The summed E-state index contributed by atoms with van der Waals surface area (Å²) in [5, 5.41) is 9.03. The maximum Gasteiger partial charge on any atom is 0.335 e. The largest absolute Gasteiger partial charge is 0.493 e. The van der Waals surface area contributed by atoms with Gasteiger partial charge in [0.1, 0.15) is 5.75 Å². The molecular formula is C16H20O5. The minimum atomic E-state index is -0.939. The SMILES string of the molecule is C=CC(=O)OCCCCOc1cc(C)c(C(=O)O)cc1C. The zero-order chi connectivity index (χ0) is 15.8. The van der Waals surface area contributed by atoms with Gasteiger partial charge in [-0.15, -0.1) is 0 Å². The topological polar surface area (TPSA) is 72.8 Å². The first-order valence-electron chi connectivity index (χ1n) is 6.72. The van der Waals surface area contributed by atoms with Crippen LogP contribution in [0.5, 0.6) is 5.75 Å². The molecule has 0 spiro atoms. The molecule has 0 aromatic heterocycles. The molecule has 21 heavy (non-hydrogen) atoms. The predicted molar refractivity (Wildman–Crippen MR) is 78.8 cm³/mol. The monoisotopic (exact) mass is 292 g/mol. The quantitative estimate of drug-likeness (QED) is 0.453. The third-order valence-electron chi connectivity index (χ3n) is 2.96. The van der Waals surface area contributed by atoms with Crippen LogP contribution < -0.4 is 4.74 Å². The van der Waals surface area contributed by atoms with Gasteiger partial charge in [-0.05, 0) is 49.9 Å². The van der Waals surface area contributed by atoms with Crippen LogP contribution in [0.4, 0.5) is 0 Å². The van der Waals surface area contributed by atoms with E-state index in [9.17, 15) is 9.59 Å². The Labute approximate surface area is 124 Å². The Morgan fingerprint density at radius 1 is 1.19 bits per heavy atom. The van der Waals surface area contributed by atoms with Gasteiger partial charge in [-0.25, -0.2) is 9.59 Å². The summed E-state index contributed by atoms with van der Waals surface area (Å²) in [5.41, 5.74) is 1.75. The Hall–Kier alpha value is -2.30. The molecule has 0 unspecified atom stereocenters. The highest BCUT2D eigenvalue weighted by Gasteiger charge is 2.10. The molecule has 1 rings (SSSR count). The number of hydrogen-bond donors (Lipinski definition) is 1. The Bertz CT molecular complexity index is 534. The second-order valence-corrected chi connectivity index (χ2v) is 4.66. The smallest absolute Gasteiger partial charge is 0.335 e. The zero-order valence-electron chi connectivity index (χ0n) is 12.3. The molecule has 114 valence electrons. The number of esters is 1. The number of hydrogen-bond acceptors (Lipinski definition) is 4. The Morgan fingerprint density at radius 2 is 1.86 bits per heavy atom. The summed E-state index contributed by atoms with van der Waals surface area (Å²) in [7, 11) is 0. The molecule has 0 saturated carbocycles. The first kappa shape index (κ1) is 16.8. The van der Waals surface area contributed by atoms with Crippen LogP contribution in [0, 0.1) is 13.8 Å². The van der Waals surface area contributed by atoms with E-state index in [0.29, 0.717) is 30.9 Å². The number of carboxylic acids is 1. The molecule has 0 amide bonds. The summed E-state index contributed by atoms with van der Waals surface area (Å²) >= 11 is 0. The lowest BCUT2D eigenvalue weighted by molar-refractivity contribution is -0.137. The molecule has 0 aliphatic heterocycles. The lowest BCUT2D eigenvalue weighted by atomic mass is 10.0. The summed E-state index contributed by atoms with van der Waals surface area (Å²) in [6.07, 6.45) is 2.57. The van der Waals surface area contributed by atoms with Gasteiger partial charge in [0.25, 0.3) is 0 Å². The first-order valence-corrected chi connectivity index (χ1v) is 6.72. The van der Waals surface area contributed by atoms with E-state index in [1.807, 2.05) is 6.92 Å².